The Balaban J connectivity index is 2.03. The van der Waals surface area contributed by atoms with E-state index in [1.54, 1.807) is 0 Å². The van der Waals surface area contributed by atoms with Crippen molar-refractivity contribution in [3.8, 4) is 28.6 Å². The maximum Gasteiger partial charge on any atom is 0.261 e. The molecule has 0 aliphatic heterocycles. The van der Waals surface area contributed by atoms with Crippen LogP contribution in [-0.4, -0.2) is 15.2 Å². The van der Waals surface area contributed by atoms with Gasteiger partial charge < -0.3 is 9.63 Å². The van der Waals surface area contributed by atoms with Crippen molar-refractivity contribution in [3.05, 3.63) is 52.5 Å². The van der Waals surface area contributed by atoms with E-state index in [4.69, 9.17) is 4.52 Å². The molecule has 1 N–H and O–H groups in total. The molecule has 1 heterocycles. The zero-order valence-electron chi connectivity index (χ0n) is 10.3. The van der Waals surface area contributed by atoms with Crippen LogP contribution >= 0.6 is 15.9 Å². The van der Waals surface area contributed by atoms with Gasteiger partial charge in [0.2, 0.25) is 5.82 Å². The Morgan fingerprint density at radius 1 is 1.05 bits per heavy atom. The molecule has 0 spiro atoms. The van der Waals surface area contributed by atoms with E-state index in [1.165, 1.54) is 30.3 Å². The van der Waals surface area contributed by atoms with Crippen molar-refractivity contribution in [1.29, 1.82) is 0 Å². The fraction of sp³-hybridized carbons (Fsp3) is 0. The van der Waals surface area contributed by atoms with Crippen molar-refractivity contribution in [2.75, 3.05) is 0 Å². The van der Waals surface area contributed by atoms with Crippen molar-refractivity contribution < 1.29 is 18.4 Å². The summed E-state index contributed by atoms with van der Waals surface area (Å²) in [6.45, 7) is 0. The van der Waals surface area contributed by atoms with Crippen LogP contribution in [0.15, 0.2) is 45.4 Å². The number of aromatic nitrogens is 2. The van der Waals surface area contributed by atoms with Crippen molar-refractivity contribution >= 4 is 15.9 Å². The van der Waals surface area contributed by atoms with Gasteiger partial charge in [0.25, 0.3) is 5.89 Å². The lowest BCUT2D eigenvalue weighted by atomic mass is 10.2. The Kier molecular flexibility index (Phi) is 3.42. The van der Waals surface area contributed by atoms with Crippen LogP contribution in [0, 0.1) is 11.6 Å². The molecule has 0 amide bonds. The highest BCUT2D eigenvalue weighted by atomic mass is 79.9. The molecule has 1 aromatic heterocycles. The summed E-state index contributed by atoms with van der Waals surface area (Å²) in [5, 5.41) is 12.9. The molecular formula is C14H7BrF2N2O2. The van der Waals surface area contributed by atoms with Gasteiger partial charge >= 0.3 is 0 Å². The van der Waals surface area contributed by atoms with Gasteiger partial charge in [-0.1, -0.05) is 5.16 Å². The van der Waals surface area contributed by atoms with Crippen LogP contribution < -0.4 is 0 Å². The second kappa shape index (κ2) is 5.25. The maximum atomic E-state index is 13.7. The van der Waals surface area contributed by atoms with Crippen LogP contribution in [0.5, 0.6) is 5.75 Å². The van der Waals surface area contributed by atoms with Gasteiger partial charge in [-0.05, 0) is 46.3 Å². The summed E-state index contributed by atoms with van der Waals surface area (Å²) in [5.74, 6) is -1.11. The zero-order valence-corrected chi connectivity index (χ0v) is 11.9. The smallest absolute Gasteiger partial charge is 0.261 e. The van der Waals surface area contributed by atoms with E-state index in [0.29, 0.717) is 10.0 Å². The van der Waals surface area contributed by atoms with E-state index < -0.39 is 11.6 Å². The monoisotopic (exact) mass is 352 g/mol. The molecule has 0 unspecified atom stereocenters. The predicted octanol–water partition coefficient (Wildman–Crippen LogP) is 4.15. The fourth-order valence-corrected chi connectivity index (χ4v) is 2.32. The Hall–Kier alpha value is -2.28. The summed E-state index contributed by atoms with van der Waals surface area (Å²) >= 11 is 3.20. The second-order valence-corrected chi connectivity index (χ2v) is 5.07. The van der Waals surface area contributed by atoms with Gasteiger partial charge in [-0.3, -0.25) is 0 Å². The molecule has 0 fully saturated rings. The highest BCUT2D eigenvalue weighted by molar-refractivity contribution is 9.10. The molecule has 3 aromatic rings. The summed E-state index contributed by atoms with van der Waals surface area (Å²) in [5.41, 5.74) is 0.593. The lowest BCUT2D eigenvalue weighted by Crippen LogP contribution is -1.86. The van der Waals surface area contributed by atoms with Crippen LogP contribution in [-0.2, 0) is 0 Å². The lowest BCUT2D eigenvalue weighted by molar-refractivity contribution is 0.428. The second-order valence-electron chi connectivity index (χ2n) is 4.21. The molecule has 0 saturated heterocycles. The largest absolute Gasteiger partial charge is 0.508 e. The van der Waals surface area contributed by atoms with Gasteiger partial charge in [0.1, 0.15) is 17.4 Å². The quantitative estimate of drug-likeness (QED) is 0.752. The first kappa shape index (κ1) is 13.7. The molecular weight excluding hydrogens is 346 g/mol. The first-order chi connectivity index (χ1) is 10.0. The highest BCUT2D eigenvalue weighted by Gasteiger charge is 2.16. The van der Waals surface area contributed by atoms with E-state index in [9.17, 15) is 13.9 Å². The van der Waals surface area contributed by atoms with Crippen LogP contribution in [0.2, 0.25) is 0 Å². The minimum absolute atomic E-state index is 0.0290. The SMILES string of the molecule is Oc1ccc(-c2nc(-c3ccc(F)cc3Br)no2)c(F)c1. The number of hydrogen-bond donors (Lipinski definition) is 1. The predicted molar refractivity (Wildman–Crippen MR) is 74.5 cm³/mol. The number of phenols is 1. The summed E-state index contributed by atoms with van der Waals surface area (Å²) < 4.78 is 32.3. The van der Waals surface area contributed by atoms with E-state index in [1.807, 2.05) is 0 Å². The van der Waals surface area contributed by atoms with Crippen molar-refractivity contribution in [2.45, 2.75) is 0 Å². The molecule has 21 heavy (non-hydrogen) atoms. The third kappa shape index (κ3) is 2.64. The van der Waals surface area contributed by atoms with Crippen LogP contribution in [0.25, 0.3) is 22.8 Å². The summed E-state index contributed by atoms with van der Waals surface area (Å²) in [6, 6.07) is 7.62. The molecule has 7 heteroatoms. The normalized spacial score (nSPS) is 10.8. The number of aromatic hydroxyl groups is 1. The standard InChI is InChI=1S/C14H7BrF2N2O2/c15-11-5-7(16)1-3-9(11)13-18-14(21-19-13)10-4-2-8(20)6-12(10)17/h1-6,20H. The summed E-state index contributed by atoms with van der Waals surface area (Å²) in [4.78, 5) is 4.08. The molecule has 0 aliphatic carbocycles. The van der Waals surface area contributed by atoms with Gasteiger partial charge in [-0.25, -0.2) is 8.78 Å². The van der Waals surface area contributed by atoms with E-state index in [-0.39, 0.29) is 23.0 Å². The van der Waals surface area contributed by atoms with Crippen molar-refractivity contribution in [2.24, 2.45) is 0 Å². The maximum absolute atomic E-state index is 13.7. The highest BCUT2D eigenvalue weighted by Crippen LogP contribution is 2.30. The van der Waals surface area contributed by atoms with E-state index in [0.717, 1.165) is 6.07 Å². The Bertz CT molecular complexity index is 754. The third-order valence-corrected chi connectivity index (χ3v) is 3.44. The minimum atomic E-state index is -0.677. The lowest BCUT2D eigenvalue weighted by Gasteiger charge is -1.99. The number of halogens is 3. The van der Waals surface area contributed by atoms with Gasteiger partial charge in [0.15, 0.2) is 0 Å². The molecule has 2 aromatic carbocycles. The van der Waals surface area contributed by atoms with Crippen molar-refractivity contribution in [1.82, 2.24) is 10.1 Å². The zero-order chi connectivity index (χ0) is 15.0. The number of hydrogen-bond acceptors (Lipinski definition) is 4. The molecule has 4 nitrogen and oxygen atoms in total. The van der Waals surface area contributed by atoms with E-state index in [2.05, 4.69) is 26.1 Å². The molecule has 0 bridgehead atoms. The topological polar surface area (TPSA) is 59.2 Å². The fourth-order valence-electron chi connectivity index (χ4n) is 1.79. The average molecular weight is 353 g/mol. The first-order valence-electron chi connectivity index (χ1n) is 5.82. The Labute approximate surface area is 126 Å². The number of rotatable bonds is 2. The Morgan fingerprint density at radius 3 is 2.52 bits per heavy atom. The van der Waals surface area contributed by atoms with Crippen LogP contribution in [0.1, 0.15) is 0 Å². The third-order valence-electron chi connectivity index (χ3n) is 2.78. The molecule has 3 rings (SSSR count). The molecule has 0 saturated carbocycles. The molecule has 0 aliphatic rings. The summed E-state index contributed by atoms with van der Waals surface area (Å²) in [6.07, 6.45) is 0. The first-order valence-corrected chi connectivity index (χ1v) is 6.62. The minimum Gasteiger partial charge on any atom is -0.508 e. The van der Waals surface area contributed by atoms with Gasteiger partial charge in [0, 0.05) is 16.1 Å². The summed E-state index contributed by atoms with van der Waals surface area (Å²) in [7, 11) is 0. The average Bonchev–Trinajstić information content (AvgIpc) is 2.87. The van der Waals surface area contributed by atoms with Crippen LogP contribution in [0.4, 0.5) is 8.78 Å². The molecule has 0 atom stereocenters. The Morgan fingerprint density at radius 2 is 1.81 bits per heavy atom. The molecule has 106 valence electrons. The number of benzene rings is 2. The van der Waals surface area contributed by atoms with Gasteiger partial charge in [0.05, 0.1) is 5.56 Å². The van der Waals surface area contributed by atoms with Gasteiger partial charge in [-0.2, -0.15) is 4.98 Å². The van der Waals surface area contributed by atoms with Crippen molar-refractivity contribution in [3.63, 3.8) is 0 Å². The van der Waals surface area contributed by atoms with Crippen LogP contribution in [0.3, 0.4) is 0 Å². The van der Waals surface area contributed by atoms with Gasteiger partial charge in [-0.15, -0.1) is 0 Å². The number of phenolic OH excluding ortho intramolecular Hbond substituents is 1. The van der Waals surface area contributed by atoms with E-state index >= 15 is 0 Å². The molecule has 0 radical (unpaired) electrons. The number of nitrogens with zero attached hydrogens (tertiary/aromatic N) is 2.